The van der Waals surface area contributed by atoms with Gasteiger partial charge in [0.25, 0.3) is 0 Å². The summed E-state index contributed by atoms with van der Waals surface area (Å²) >= 11 is 0. The largest absolute Gasteiger partial charge is 0.326 e. The summed E-state index contributed by atoms with van der Waals surface area (Å²) in [6.45, 7) is 1.62. The predicted molar refractivity (Wildman–Crippen MR) is 68.3 cm³/mol. The van der Waals surface area contributed by atoms with Crippen LogP contribution < -0.4 is 16.4 Å². The van der Waals surface area contributed by atoms with Crippen molar-refractivity contribution in [3.05, 3.63) is 23.8 Å². The number of fused-ring (bicyclic) bond motifs is 1. The second kappa shape index (κ2) is 5.16. The minimum atomic E-state index is -0.548. The highest BCUT2D eigenvalue weighted by Gasteiger charge is 2.18. The number of benzene rings is 1. The summed E-state index contributed by atoms with van der Waals surface area (Å²) in [5, 5.41) is 5.41. The van der Waals surface area contributed by atoms with Gasteiger partial charge >= 0.3 is 0 Å². The smallest absolute Gasteiger partial charge is 0.240 e. The van der Waals surface area contributed by atoms with Gasteiger partial charge in [-0.3, -0.25) is 9.59 Å². The Morgan fingerprint density at radius 3 is 2.88 bits per heavy atom. The number of carbonyl (C=O) groups excluding carboxylic acids is 2. The SMILES string of the molecule is C[C@H](N)C(=O)Nc1ccc2c(c1)CC(=O)N2.Cl. The summed E-state index contributed by atoms with van der Waals surface area (Å²) in [5.41, 5.74) is 7.81. The van der Waals surface area contributed by atoms with Crippen LogP contribution in [-0.4, -0.2) is 17.9 Å². The monoisotopic (exact) mass is 255 g/mol. The summed E-state index contributed by atoms with van der Waals surface area (Å²) in [6.07, 6.45) is 0.358. The van der Waals surface area contributed by atoms with Crippen molar-refractivity contribution in [2.24, 2.45) is 5.73 Å². The Labute approximate surface area is 105 Å². The van der Waals surface area contributed by atoms with E-state index in [0.29, 0.717) is 12.1 Å². The van der Waals surface area contributed by atoms with E-state index < -0.39 is 6.04 Å². The summed E-state index contributed by atoms with van der Waals surface area (Å²) in [6, 6.07) is 4.75. The maximum atomic E-state index is 11.4. The van der Waals surface area contributed by atoms with Crippen molar-refractivity contribution in [3.63, 3.8) is 0 Å². The van der Waals surface area contributed by atoms with E-state index in [1.165, 1.54) is 0 Å². The zero-order chi connectivity index (χ0) is 11.7. The van der Waals surface area contributed by atoms with E-state index in [-0.39, 0.29) is 24.2 Å². The highest BCUT2D eigenvalue weighted by atomic mass is 35.5. The molecule has 0 unspecified atom stereocenters. The second-order valence-electron chi connectivity index (χ2n) is 3.87. The first kappa shape index (κ1) is 13.5. The number of amides is 2. The first-order valence-electron chi connectivity index (χ1n) is 5.05. The van der Waals surface area contributed by atoms with Crippen LogP contribution in [0.2, 0.25) is 0 Å². The number of hydrogen-bond acceptors (Lipinski definition) is 3. The fourth-order valence-corrected chi connectivity index (χ4v) is 1.56. The summed E-state index contributed by atoms with van der Waals surface area (Å²) in [7, 11) is 0. The highest BCUT2D eigenvalue weighted by Crippen LogP contribution is 2.25. The summed E-state index contributed by atoms with van der Waals surface area (Å²) < 4.78 is 0. The zero-order valence-electron chi connectivity index (χ0n) is 9.32. The number of carbonyl (C=O) groups is 2. The Morgan fingerprint density at radius 2 is 2.24 bits per heavy atom. The van der Waals surface area contributed by atoms with Crippen molar-refractivity contribution in [1.82, 2.24) is 0 Å². The van der Waals surface area contributed by atoms with Gasteiger partial charge in [-0.2, -0.15) is 0 Å². The third-order valence-corrected chi connectivity index (χ3v) is 2.41. The molecule has 0 spiro atoms. The quantitative estimate of drug-likeness (QED) is 0.734. The maximum Gasteiger partial charge on any atom is 0.240 e. The number of anilines is 2. The number of hydrogen-bond donors (Lipinski definition) is 3. The third-order valence-electron chi connectivity index (χ3n) is 2.41. The van der Waals surface area contributed by atoms with Crippen LogP contribution in [0.15, 0.2) is 18.2 Å². The normalized spacial score (nSPS) is 14.4. The maximum absolute atomic E-state index is 11.4. The topological polar surface area (TPSA) is 84.2 Å². The number of nitrogens with one attached hydrogen (secondary N) is 2. The molecule has 0 bridgehead atoms. The molecule has 2 amide bonds. The molecule has 1 heterocycles. The van der Waals surface area contributed by atoms with Crippen molar-refractivity contribution in [1.29, 1.82) is 0 Å². The molecular weight excluding hydrogens is 242 g/mol. The highest BCUT2D eigenvalue weighted by molar-refractivity contribution is 6.00. The lowest BCUT2D eigenvalue weighted by atomic mass is 10.1. The zero-order valence-corrected chi connectivity index (χ0v) is 10.1. The van der Waals surface area contributed by atoms with Crippen LogP contribution in [-0.2, 0) is 16.0 Å². The molecule has 0 radical (unpaired) electrons. The van der Waals surface area contributed by atoms with E-state index in [1.807, 2.05) is 0 Å². The molecule has 0 aromatic heterocycles. The van der Waals surface area contributed by atoms with Gasteiger partial charge in [0, 0.05) is 11.4 Å². The van der Waals surface area contributed by atoms with E-state index in [2.05, 4.69) is 10.6 Å². The van der Waals surface area contributed by atoms with Crippen LogP contribution in [0.25, 0.3) is 0 Å². The molecule has 5 nitrogen and oxygen atoms in total. The Bertz CT molecular complexity index is 460. The van der Waals surface area contributed by atoms with Gasteiger partial charge in [0.05, 0.1) is 12.5 Å². The van der Waals surface area contributed by atoms with Crippen LogP contribution in [0, 0.1) is 0 Å². The van der Waals surface area contributed by atoms with E-state index in [1.54, 1.807) is 25.1 Å². The Balaban J connectivity index is 0.00000144. The van der Waals surface area contributed by atoms with Crippen molar-refractivity contribution < 1.29 is 9.59 Å². The molecule has 0 aliphatic carbocycles. The van der Waals surface area contributed by atoms with Gasteiger partial charge < -0.3 is 16.4 Å². The predicted octanol–water partition coefficient (Wildman–Crippen LogP) is 0.889. The van der Waals surface area contributed by atoms with Crippen molar-refractivity contribution >= 4 is 35.6 Å². The molecule has 17 heavy (non-hydrogen) atoms. The van der Waals surface area contributed by atoms with Crippen LogP contribution in [0.4, 0.5) is 11.4 Å². The number of nitrogens with two attached hydrogens (primary N) is 1. The molecule has 1 aromatic carbocycles. The lowest BCUT2D eigenvalue weighted by Gasteiger charge is -2.08. The van der Waals surface area contributed by atoms with E-state index in [9.17, 15) is 9.59 Å². The van der Waals surface area contributed by atoms with Crippen molar-refractivity contribution in [3.8, 4) is 0 Å². The van der Waals surface area contributed by atoms with Crippen LogP contribution >= 0.6 is 12.4 Å². The summed E-state index contributed by atoms with van der Waals surface area (Å²) in [4.78, 5) is 22.5. The van der Waals surface area contributed by atoms with Crippen molar-refractivity contribution in [2.75, 3.05) is 10.6 Å². The Hall–Kier alpha value is -1.59. The van der Waals surface area contributed by atoms with Gasteiger partial charge in [0.1, 0.15) is 0 Å². The van der Waals surface area contributed by atoms with Crippen molar-refractivity contribution in [2.45, 2.75) is 19.4 Å². The molecule has 4 N–H and O–H groups in total. The van der Waals surface area contributed by atoms with Gasteiger partial charge in [-0.1, -0.05) is 0 Å². The Kier molecular flexibility index (Phi) is 4.09. The Morgan fingerprint density at radius 1 is 1.53 bits per heavy atom. The van der Waals surface area contributed by atoms with Crippen LogP contribution in [0.1, 0.15) is 12.5 Å². The van der Waals surface area contributed by atoms with Crippen LogP contribution in [0.5, 0.6) is 0 Å². The van der Waals surface area contributed by atoms with Gasteiger partial charge in [0.15, 0.2) is 0 Å². The molecular formula is C11H14ClN3O2. The molecule has 1 aliphatic heterocycles. The third kappa shape index (κ3) is 2.95. The summed E-state index contributed by atoms with van der Waals surface area (Å²) in [5.74, 6) is -0.261. The molecule has 1 aliphatic rings. The molecule has 0 saturated carbocycles. The first-order chi connectivity index (χ1) is 7.56. The first-order valence-corrected chi connectivity index (χ1v) is 5.05. The van der Waals surface area contributed by atoms with E-state index in [0.717, 1.165) is 11.3 Å². The molecule has 0 fully saturated rings. The number of halogens is 1. The molecule has 2 rings (SSSR count). The number of rotatable bonds is 2. The molecule has 1 atom stereocenters. The van der Waals surface area contributed by atoms with E-state index >= 15 is 0 Å². The minimum Gasteiger partial charge on any atom is -0.326 e. The lowest BCUT2D eigenvalue weighted by molar-refractivity contribution is -0.117. The van der Waals surface area contributed by atoms with Gasteiger partial charge in [-0.15, -0.1) is 12.4 Å². The fraction of sp³-hybridized carbons (Fsp3) is 0.273. The lowest BCUT2D eigenvalue weighted by Crippen LogP contribution is -2.32. The average molecular weight is 256 g/mol. The molecule has 1 aromatic rings. The second-order valence-corrected chi connectivity index (χ2v) is 3.87. The van der Waals surface area contributed by atoms with Crippen LogP contribution in [0.3, 0.4) is 0 Å². The van der Waals surface area contributed by atoms with E-state index in [4.69, 9.17) is 5.73 Å². The van der Waals surface area contributed by atoms with Gasteiger partial charge in [-0.05, 0) is 30.7 Å². The molecule has 6 heteroatoms. The fourth-order valence-electron chi connectivity index (χ4n) is 1.56. The molecule has 92 valence electrons. The molecule has 0 saturated heterocycles. The average Bonchev–Trinajstić information content (AvgIpc) is 2.57. The van der Waals surface area contributed by atoms with Gasteiger partial charge in [-0.25, -0.2) is 0 Å². The van der Waals surface area contributed by atoms with Gasteiger partial charge in [0.2, 0.25) is 11.8 Å². The standard InChI is InChI=1S/C11H13N3O2.ClH/c1-6(12)11(16)13-8-2-3-9-7(4-8)5-10(15)14-9;/h2-4,6H,5,12H2,1H3,(H,13,16)(H,14,15);1H/t6-;/m0./s1. The minimum absolute atomic E-state index is 0.